The van der Waals surface area contributed by atoms with E-state index >= 15 is 0 Å². The molecule has 8 nitrogen and oxygen atoms in total. The van der Waals surface area contributed by atoms with Gasteiger partial charge in [0, 0.05) is 12.6 Å². The van der Waals surface area contributed by atoms with Gasteiger partial charge in [-0.1, -0.05) is 35.3 Å². The van der Waals surface area contributed by atoms with E-state index in [0.29, 0.717) is 27.2 Å². The topological polar surface area (TPSA) is 109 Å². The van der Waals surface area contributed by atoms with Crippen molar-refractivity contribution in [2.24, 2.45) is 5.73 Å². The van der Waals surface area contributed by atoms with Gasteiger partial charge in [-0.2, -0.15) is 0 Å². The molecule has 1 fully saturated rings. The number of carbonyl (C=O) groups excluding carboxylic acids is 2. The number of carbonyl (C=O) groups is 2. The molecule has 0 bridgehead atoms. The second-order valence-electron chi connectivity index (χ2n) is 7.91. The summed E-state index contributed by atoms with van der Waals surface area (Å²) in [5.41, 5.74) is 5.45. The van der Waals surface area contributed by atoms with Crippen LogP contribution >= 0.6 is 35.1 Å². The Morgan fingerprint density at radius 2 is 2.00 bits per heavy atom. The fraction of sp³-hybridized carbons (Fsp3) is 0.524. The highest BCUT2D eigenvalue weighted by atomic mass is 35.5. The van der Waals surface area contributed by atoms with Crippen molar-refractivity contribution in [1.82, 2.24) is 20.3 Å². The van der Waals surface area contributed by atoms with Gasteiger partial charge >= 0.3 is 6.03 Å². The first kappa shape index (κ1) is 25.1. The molecule has 0 aromatic heterocycles. The van der Waals surface area contributed by atoms with Crippen LogP contribution in [0.25, 0.3) is 0 Å². The summed E-state index contributed by atoms with van der Waals surface area (Å²) in [4.78, 5) is 26.8. The normalized spacial score (nSPS) is 20.9. The van der Waals surface area contributed by atoms with E-state index in [1.807, 2.05) is 13.0 Å². The fourth-order valence-electron chi connectivity index (χ4n) is 3.51. The number of hydrogen-bond donors (Lipinski definition) is 4. The molecule has 3 rings (SSSR count). The third-order valence-corrected chi connectivity index (χ3v) is 7.31. The molecule has 1 atom stereocenters. The number of unbranched alkanes of at least 4 members (excludes halogenated alkanes) is 1. The van der Waals surface area contributed by atoms with Gasteiger partial charge in [0.1, 0.15) is 0 Å². The number of ether oxygens (including phenoxy) is 1. The zero-order chi connectivity index (χ0) is 23.1. The van der Waals surface area contributed by atoms with Crippen LogP contribution in [0.5, 0.6) is 0 Å². The van der Waals surface area contributed by atoms with E-state index in [9.17, 15) is 9.59 Å². The Morgan fingerprint density at radius 1 is 1.25 bits per heavy atom. The number of aryl methyl sites for hydroxylation is 1. The minimum absolute atomic E-state index is 0.00231. The lowest BCUT2D eigenvalue weighted by atomic mass is 10.1. The van der Waals surface area contributed by atoms with Crippen molar-refractivity contribution in [3.05, 3.63) is 44.4 Å². The van der Waals surface area contributed by atoms with E-state index in [0.717, 1.165) is 36.9 Å². The summed E-state index contributed by atoms with van der Waals surface area (Å²) in [6.07, 6.45) is 5.97. The maximum Gasteiger partial charge on any atom is 0.319 e. The lowest BCUT2D eigenvalue weighted by molar-refractivity contribution is -0.139. The number of primary amides is 1. The van der Waals surface area contributed by atoms with E-state index in [-0.39, 0.29) is 12.6 Å². The van der Waals surface area contributed by atoms with Crippen molar-refractivity contribution in [2.45, 2.75) is 44.9 Å². The van der Waals surface area contributed by atoms with Crippen LogP contribution in [0.4, 0.5) is 4.79 Å². The zero-order valence-corrected chi connectivity index (χ0v) is 20.3. The third-order valence-electron chi connectivity index (χ3n) is 5.45. The first-order valence-electron chi connectivity index (χ1n) is 10.6. The van der Waals surface area contributed by atoms with Crippen LogP contribution in [-0.2, 0) is 16.1 Å². The number of hydrogen-bond acceptors (Lipinski definition) is 6. The highest BCUT2D eigenvalue weighted by molar-refractivity contribution is 8.01. The number of nitrogens with two attached hydrogens (primary N) is 1. The molecule has 32 heavy (non-hydrogen) atoms. The summed E-state index contributed by atoms with van der Waals surface area (Å²) in [7, 11) is 0. The smallest absolute Gasteiger partial charge is 0.319 e. The zero-order valence-electron chi connectivity index (χ0n) is 18.0. The van der Waals surface area contributed by atoms with E-state index in [2.05, 4.69) is 20.3 Å². The maximum absolute atomic E-state index is 12.2. The number of rotatable bonds is 10. The highest BCUT2D eigenvalue weighted by Gasteiger charge is 2.41. The van der Waals surface area contributed by atoms with Gasteiger partial charge in [-0.15, -0.1) is 0 Å². The van der Waals surface area contributed by atoms with Gasteiger partial charge in [-0.25, -0.2) is 9.52 Å². The van der Waals surface area contributed by atoms with Gasteiger partial charge in [0.2, 0.25) is 5.72 Å². The molecule has 5 N–H and O–H groups in total. The maximum atomic E-state index is 12.2. The average Bonchev–Trinajstić information content (AvgIpc) is 3.42. The molecule has 3 amide bonds. The number of urea groups is 1. The Bertz CT molecular complexity index is 879. The lowest BCUT2D eigenvalue weighted by Crippen LogP contribution is -2.51. The number of nitrogens with zero attached hydrogens (tertiary/aromatic N) is 1. The molecule has 0 saturated carbocycles. The Hall–Kier alpha value is -1.49. The molecular weight excluding hydrogens is 473 g/mol. The van der Waals surface area contributed by atoms with E-state index in [1.54, 1.807) is 6.07 Å². The van der Waals surface area contributed by atoms with E-state index in [1.165, 1.54) is 32.0 Å². The van der Waals surface area contributed by atoms with Crippen molar-refractivity contribution in [2.75, 3.05) is 26.2 Å². The molecule has 2 heterocycles. The molecule has 1 unspecified atom stereocenters. The third kappa shape index (κ3) is 6.52. The summed E-state index contributed by atoms with van der Waals surface area (Å²) >= 11 is 13.5. The molecule has 1 aromatic rings. The highest BCUT2D eigenvalue weighted by Crippen LogP contribution is 2.32. The van der Waals surface area contributed by atoms with Crippen molar-refractivity contribution < 1.29 is 14.3 Å². The summed E-state index contributed by atoms with van der Waals surface area (Å²) in [5, 5.41) is 6.76. The van der Waals surface area contributed by atoms with Crippen LogP contribution in [0, 0.1) is 6.92 Å². The van der Waals surface area contributed by atoms with Crippen LogP contribution in [0.2, 0.25) is 10.0 Å². The number of benzene rings is 1. The number of nitrogens with one attached hydrogen (secondary N) is 3. The Morgan fingerprint density at radius 3 is 2.72 bits per heavy atom. The number of amides is 3. The standard InChI is InChI=1S/C21H29Cl2N5O3S/c1-14-6-7-15(18(23)17(14)22)13-31-21(19(24)29)12-16(32-27-21)26-20(30)25-8-2-3-9-28-10-4-5-11-28/h6-7,12,27H,2-5,8-11,13H2,1H3,(H2,24,29)(H2,25,26,30). The van der Waals surface area contributed by atoms with E-state index < -0.39 is 11.6 Å². The summed E-state index contributed by atoms with van der Waals surface area (Å²) in [5.74, 6) is -0.738. The van der Waals surface area contributed by atoms with Gasteiger partial charge in [0.15, 0.2) is 0 Å². The van der Waals surface area contributed by atoms with Gasteiger partial charge in [0.05, 0.1) is 21.7 Å². The van der Waals surface area contributed by atoms with Gasteiger partial charge in [0.25, 0.3) is 5.91 Å². The predicted molar refractivity (Wildman–Crippen MR) is 128 cm³/mol. The minimum atomic E-state index is -1.58. The van der Waals surface area contributed by atoms with Gasteiger partial charge < -0.3 is 26.0 Å². The largest absolute Gasteiger partial charge is 0.366 e. The molecule has 0 spiro atoms. The monoisotopic (exact) mass is 501 g/mol. The van der Waals surface area contributed by atoms with Crippen LogP contribution < -0.4 is 21.1 Å². The van der Waals surface area contributed by atoms with Crippen LogP contribution in [0.15, 0.2) is 23.2 Å². The van der Waals surface area contributed by atoms with Crippen molar-refractivity contribution in [3.8, 4) is 0 Å². The molecule has 2 aliphatic rings. The van der Waals surface area contributed by atoms with Crippen LogP contribution in [0.3, 0.4) is 0 Å². The van der Waals surface area contributed by atoms with Crippen LogP contribution in [0.1, 0.15) is 36.8 Å². The lowest BCUT2D eigenvalue weighted by Gasteiger charge is -2.24. The minimum Gasteiger partial charge on any atom is -0.366 e. The molecule has 11 heteroatoms. The molecule has 176 valence electrons. The second kappa shape index (κ2) is 11.6. The quantitative estimate of drug-likeness (QED) is 0.289. The summed E-state index contributed by atoms with van der Waals surface area (Å²) in [6, 6.07) is 3.25. The van der Waals surface area contributed by atoms with E-state index in [4.69, 9.17) is 33.7 Å². The number of halogens is 2. The number of likely N-dealkylation sites (tertiary alicyclic amines) is 1. The molecule has 0 radical (unpaired) electrons. The first-order valence-corrected chi connectivity index (χ1v) is 12.2. The Kier molecular flexibility index (Phi) is 9.10. The van der Waals surface area contributed by atoms with Gasteiger partial charge in [-0.05, 0) is 75.3 Å². The van der Waals surface area contributed by atoms with Crippen molar-refractivity contribution in [3.63, 3.8) is 0 Å². The Balaban J connectivity index is 1.48. The average molecular weight is 502 g/mol. The SMILES string of the molecule is Cc1ccc(COC2(C(N)=O)C=C(NC(=O)NCCCCN3CCCC3)SN2)c(Cl)c1Cl. The van der Waals surface area contributed by atoms with Gasteiger partial charge in [-0.3, -0.25) is 4.79 Å². The molecule has 1 aromatic carbocycles. The summed E-state index contributed by atoms with van der Waals surface area (Å²) in [6.45, 7) is 5.86. The Labute approximate surface area is 202 Å². The van der Waals surface area contributed by atoms with Crippen molar-refractivity contribution in [1.29, 1.82) is 0 Å². The molecular formula is C21H29Cl2N5O3S. The van der Waals surface area contributed by atoms with Crippen LogP contribution in [-0.4, -0.2) is 48.7 Å². The second-order valence-corrected chi connectivity index (χ2v) is 9.51. The molecule has 1 saturated heterocycles. The first-order chi connectivity index (χ1) is 15.3. The fourth-order valence-corrected chi connectivity index (χ4v) is 4.81. The molecule has 0 aliphatic carbocycles. The van der Waals surface area contributed by atoms with Crippen molar-refractivity contribution >= 4 is 47.1 Å². The predicted octanol–water partition coefficient (Wildman–Crippen LogP) is 3.27. The molecule has 2 aliphatic heterocycles. The summed E-state index contributed by atoms with van der Waals surface area (Å²) < 4.78 is 8.64.